The van der Waals surface area contributed by atoms with Gasteiger partial charge in [0.05, 0.1) is 25.7 Å². The fourth-order valence-corrected chi connectivity index (χ4v) is 7.30. The van der Waals surface area contributed by atoms with Crippen molar-refractivity contribution in [1.82, 2.24) is 20.1 Å². The molecule has 2 aliphatic rings. The minimum Gasteiger partial charge on any atom is -0.493 e. The molecule has 1 aromatic heterocycles. The summed E-state index contributed by atoms with van der Waals surface area (Å²) in [5, 5.41) is 4.10. The van der Waals surface area contributed by atoms with Crippen molar-refractivity contribution in [3.05, 3.63) is 59.3 Å². The SMILES string of the molecule is COc1ccc(CNC(=O)CC2C[C@H](C(=O)N(C(C)C)C(C)C)[C@@]3(C)c4[nH]c5ccccc5c4CCN3C2=O)cc1OC. The van der Waals surface area contributed by atoms with Crippen molar-refractivity contribution in [2.75, 3.05) is 20.8 Å². The van der Waals surface area contributed by atoms with Gasteiger partial charge in [-0.1, -0.05) is 24.3 Å². The molecule has 1 saturated heterocycles. The van der Waals surface area contributed by atoms with E-state index in [0.717, 1.165) is 22.2 Å². The van der Waals surface area contributed by atoms with E-state index in [1.54, 1.807) is 20.3 Å². The molecule has 5 rings (SSSR count). The zero-order chi connectivity index (χ0) is 31.1. The third-order valence-corrected chi connectivity index (χ3v) is 9.31. The summed E-state index contributed by atoms with van der Waals surface area (Å²) in [5.41, 5.74) is 3.13. The van der Waals surface area contributed by atoms with Crippen molar-refractivity contribution in [3.8, 4) is 11.5 Å². The molecule has 9 heteroatoms. The van der Waals surface area contributed by atoms with Crippen LogP contribution in [0.15, 0.2) is 42.5 Å². The average Bonchev–Trinajstić information content (AvgIpc) is 3.37. The van der Waals surface area contributed by atoms with E-state index in [1.165, 1.54) is 5.56 Å². The van der Waals surface area contributed by atoms with Gasteiger partial charge in [0, 0.05) is 54.1 Å². The molecule has 0 bridgehead atoms. The molecule has 3 atom stereocenters. The molecular formula is C34H44N4O5. The van der Waals surface area contributed by atoms with Gasteiger partial charge in [0.1, 0.15) is 0 Å². The largest absolute Gasteiger partial charge is 0.493 e. The van der Waals surface area contributed by atoms with Crippen LogP contribution in [-0.2, 0) is 32.9 Å². The molecule has 1 fully saturated rings. The third kappa shape index (κ3) is 5.34. The summed E-state index contributed by atoms with van der Waals surface area (Å²) in [6.45, 7) is 10.9. The molecule has 1 unspecified atom stereocenters. The number of nitrogens with one attached hydrogen (secondary N) is 2. The molecule has 230 valence electrons. The summed E-state index contributed by atoms with van der Waals surface area (Å²) in [7, 11) is 3.14. The predicted molar refractivity (Wildman–Crippen MR) is 166 cm³/mol. The van der Waals surface area contributed by atoms with E-state index in [2.05, 4.69) is 16.4 Å². The highest BCUT2D eigenvalue weighted by molar-refractivity contribution is 5.93. The van der Waals surface area contributed by atoms with Crippen LogP contribution in [0.2, 0.25) is 0 Å². The Kier molecular flexibility index (Phi) is 8.45. The summed E-state index contributed by atoms with van der Waals surface area (Å²) in [5.74, 6) is -0.189. The zero-order valence-electron chi connectivity index (χ0n) is 26.3. The summed E-state index contributed by atoms with van der Waals surface area (Å²) < 4.78 is 10.7. The van der Waals surface area contributed by atoms with Crippen LogP contribution in [0.25, 0.3) is 10.9 Å². The number of para-hydroxylation sites is 1. The average molecular weight is 589 g/mol. The van der Waals surface area contributed by atoms with Crippen LogP contribution in [0.4, 0.5) is 0 Å². The number of piperidine rings is 1. The molecule has 3 aromatic rings. The van der Waals surface area contributed by atoms with Crippen molar-refractivity contribution in [2.45, 2.75) is 78.0 Å². The molecule has 0 saturated carbocycles. The maximum absolute atomic E-state index is 14.5. The van der Waals surface area contributed by atoms with E-state index in [9.17, 15) is 14.4 Å². The van der Waals surface area contributed by atoms with Crippen molar-refractivity contribution in [3.63, 3.8) is 0 Å². The highest BCUT2D eigenvalue weighted by Gasteiger charge is 2.57. The number of aromatic amines is 1. The predicted octanol–water partition coefficient (Wildman–Crippen LogP) is 4.77. The van der Waals surface area contributed by atoms with Crippen LogP contribution in [0.1, 0.15) is 64.3 Å². The highest BCUT2D eigenvalue weighted by Crippen LogP contribution is 2.50. The number of H-pyrrole nitrogens is 1. The lowest BCUT2D eigenvalue weighted by molar-refractivity contribution is -0.166. The molecule has 0 aliphatic carbocycles. The van der Waals surface area contributed by atoms with Gasteiger partial charge in [-0.15, -0.1) is 0 Å². The van der Waals surface area contributed by atoms with Crippen LogP contribution >= 0.6 is 0 Å². The number of hydrogen-bond acceptors (Lipinski definition) is 5. The minimum atomic E-state index is -0.852. The minimum absolute atomic E-state index is 0.00353. The van der Waals surface area contributed by atoms with Crippen LogP contribution in [0, 0.1) is 11.8 Å². The van der Waals surface area contributed by atoms with Gasteiger partial charge >= 0.3 is 0 Å². The summed E-state index contributed by atoms with van der Waals surface area (Å²) in [4.78, 5) is 49.3. The molecule has 3 amide bonds. The normalized spacial score (nSPS) is 21.5. The number of ether oxygens (including phenoxy) is 2. The Hall–Kier alpha value is -4.01. The summed E-state index contributed by atoms with van der Waals surface area (Å²) in [6, 6.07) is 13.6. The second kappa shape index (κ2) is 11.9. The first-order valence-corrected chi connectivity index (χ1v) is 15.2. The first-order valence-electron chi connectivity index (χ1n) is 15.2. The third-order valence-electron chi connectivity index (χ3n) is 9.31. The van der Waals surface area contributed by atoms with Crippen molar-refractivity contribution in [2.24, 2.45) is 11.8 Å². The molecule has 2 aromatic carbocycles. The van der Waals surface area contributed by atoms with Crippen LogP contribution in [-0.4, -0.2) is 65.4 Å². The van der Waals surface area contributed by atoms with Gasteiger partial charge in [0.15, 0.2) is 11.5 Å². The van der Waals surface area contributed by atoms with Gasteiger partial charge in [0.25, 0.3) is 0 Å². The van der Waals surface area contributed by atoms with Crippen molar-refractivity contribution in [1.29, 1.82) is 0 Å². The first-order chi connectivity index (χ1) is 20.5. The van der Waals surface area contributed by atoms with Crippen molar-refractivity contribution >= 4 is 28.6 Å². The molecule has 2 N–H and O–H groups in total. The summed E-state index contributed by atoms with van der Waals surface area (Å²) in [6.07, 6.45) is 1.02. The van der Waals surface area contributed by atoms with Gasteiger partial charge in [0.2, 0.25) is 17.7 Å². The Morgan fingerprint density at radius 1 is 1.07 bits per heavy atom. The zero-order valence-corrected chi connectivity index (χ0v) is 26.3. The fraction of sp³-hybridized carbons (Fsp3) is 0.500. The summed E-state index contributed by atoms with van der Waals surface area (Å²) >= 11 is 0. The van der Waals surface area contributed by atoms with Crippen LogP contribution < -0.4 is 14.8 Å². The number of carbonyl (C=O) groups is 3. The number of nitrogens with zero attached hydrogens (tertiary/aromatic N) is 2. The maximum Gasteiger partial charge on any atom is 0.228 e. The quantitative estimate of drug-likeness (QED) is 0.375. The monoisotopic (exact) mass is 588 g/mol. The lowest BCUT2D eigenvalue weighted by atomic mass is 9.67. The number of amides is 3. The van der Waals surface area contributed by atoms with E-state index in [1.807, 2.05) is 74.8 Å². The van der Waals surface area contributed by atoms with Crippen molar-refractivity contribution < 1.29 is 23.9 Å². The Morgan fingerprint density at radius 3 is 2.44 bits per heavy atom. The number of hydrogen-bond donors (Lipinski definition) is 2. The molecule has 0 spiro atoms. The van der Waals surface area contributed by atoms with E-state index in [0.29, 0.717) is 30.9 Å². The van der Waals surface area contributed by atoms with Gasteiger partial charge in [-0.3, -0.25) is 14.4 Å². The first kappa shape index (κ1) is 30.4. The second-order valence-corrected chi connectivity index (χ2v) is 12.5. The fourth-order valence-electron chi connectivity index (χ4n) is 7.30. The Morgan fingerprint density at radius 2 is 1.77 bits per heavy atom. The van der Waals surface area contributed by atoms with Gasteiger partial charge in [-0.25, -0.2) is 0 Å². The van der Waals surface area contributed by atoms with E-state index in [-0.39, 0.29) is 42.8 Å². The van der Waals surface area contributed by atoms with E-state index in [4.69, 9.17) is 9.47 Å². The van der Waals surface area contributed by atoms with Gasteiger partial charge < -0.3 is 29.6 Å². The standard InChI is InChI=1S/C34H44N4O5/c1-20(2)38(21(3)4)33(41)26-17-23(18-30(39)35-19-22-12-13-28(42-6)29(16-22)43-7)32(40)37-15-14-25-24-10-8-9-11-27(24)36-31(25)34(26,37)5/h8-13,16,20-21,23,26,36H,14-15,17-19H2,1-7H3,(H,35,39)/t23?,26-,34+/m1/s1. The molecule has 9 nitrogen and oxygen atoms in total. The Labute approximate surface area is 253 Å². The molecule has 2 aliphatic heterocycles. The molecule has 0 radical (unpaired) electrons. The van der Waals surface area contributed by atoms with Gasteiger partial charge in [-0.2, -0.15) is 0 Å². The topological polar surface area (TPSA) is 104 Å². The van der Waals surface area contributed by atoms with Gasteiger partial charge in [-0.05, 0) is 76.8 Å². The molecule has 43 heavy (non-hydrogen) atoms. The number of benzene rings is 2. The molecular weight excluding hydrogens is 544 g/mol. The Balaban J connectivity index is 1.44. The van der Waals surface area contributed by atoms with Crippen LogP contribution in [0.5, 0.6) is 11.5 Å². The maximum atomic E-state index is 14.5. The number of aromatic nitrogens is 1. The van der Waals surface area contributed by atoms with E-state index >= 15 is 0 Å². The number of methoxy groups -OCH3 is 2. The Bertz CT molecular complexity index is 1520. The lowest BCUT2D eigenvalue weighted by Crippen LogP contribution is -2.65. The number of rotatable bonds is 9. The smallest absolute Gasteiger partial charge is 0.228 e. The highest BCUT2D eigenvalue weighted by atomic mass is 16.5. The van der Waals surface area contributed by atoms with E-state index < -0.39 is 17.4 Å². The lowest BCUT2D eigenvalue weighted by Gasteiger charge is -2.54. The second-order valence-electron chi connectivity index (χ2n) is 12.5. The molecule has 3 heterocycles. The number of carbonyl (C=O) groups excluding carboxylic acids is 3. The van der Waals surface area contributed by atoms with Crippen LogP contribution in [0.3, 0.4) is 0 Å². The number of fused-ring (bicyclic) bond motifs is 5.